The van der Waals surface area contributed by atoms with E-state index in [9.17, 15) is 0 Å². The molecule has 0 aromatic rings. The third-order valence-electron chi connectivity index (χ3n) is 0.890. The van der Waals surface area contributed by atoms with Crippen molar-refractivity contribution in [1.82, 2.24) is 0 Å². The van der Waals surface area contributed by atoms with Crippen LogP contribution in [0.2, 0.25) is 0 Å². The van der Waals surface area contributed by atoms with Gasteiger partial charge in [-0.25, -0.2) is 0 Å². The van der Waals surface area contributed by atoms with Gasteiger partial charge in [0.2, 0.25) is 0 Å². The van der Waals surface area contributed by atoms with Crippen LogP contribution < -0.4 is 0 Å². The minimum atomic E-state index is 0.308. The maximum atomic E-state index is 8.62. The molecule has 0 spiro atoms. The van der Waals surface area contributed by atoms with Gasteiger partial charge in [0.25, 0.3) is 0 Å². The van der Waals surface area contributed by atoms with Gasteiger partial charge in [0.1, 0.15) is 0 Å². The van der Waals surface area contributed by atoms with E-state index in [2.05, 4.69) is 6.26 Å². The Morgan fingerprint density at radius 1 is 1.50 bits per heavy atom. The Labute approximate surface area is 59.2 Å². The Bertz CT molecular complexity index is 45.7. The molecular formula is C5H12OS2. The molecule has 0 amide bonds. The van der Waals surface area contributed by atoms with E-state index < -0.39 is 0 Å². The standard InChI is InChI=1S/C5H12OS2/c1-7-4-5(3-6)8-2/h5-6H,3-4H2,1-2H3/t5-/m0/s1. The minimum absolute atomic E-state index is 0.308. The molecule has 1 N–H and O–H groups in total. The zero-order chi connectivity index (χ0) is 6.41. The summed E-state index contributed by atoms with van der Waals surface area (Å²) in [7, 11) is 0. The SMILES string of the molecule is CSC[C@H](CO)SC. The predicted molar refractivity (Wildman–Crippen MR) is 42.8 cm³/mol. The van der Waals surface area contributed by atoms with Crippen molar-refractivity contribution >= 4 is 23.5 Å². The number of hydrogen-bond donors (Lipinski definition) is 1. The van der Waals surface area contributed by atoms with E-state index in [4.69, 9.17) is 5.11 Å². The van der Waals surface area contributed by atoms with Gasteiger partial charge in [-0.1, -0.05) is 0 Å². The Morgan fingerprint density at radius 2 is 2.12 bits per heavy atom. The highest BCUT2D eigenvalue weighted by Gasteiger charge is 2.01. The molecule has 0 radical (unpaired) electrons. The fourth-order valence-electron chi connectivity index (χ4n) is 0.381. The van der Waals surface area contributed by atoms with Crippen molar-refractivity contribution in [3.8, 4) is 0 Å². The van der Waals surface area contributed by atoms with Gasteiger partial charge in [0, 0.05) is 11.0 Å². The zero-order valence-electron chi connectivity index (χ0n) is 5.26. The van der Waals surface area contributed by atoms with Gasteiger partial charge in [-0.15, -0.1) is 0 Å². The second-order valence-corrected chi connectivity index (χ2v) is 3.54. The summed E-state index contributed by atoms with van der Waals surface area (Å²) in [5.41, 5.74) is 0. The predicted octanol–water partition coefficient (Wildman–Crippen LogP) is 1.07. The molecule has 0 aromatic heterocycles. The van der Waals surface area contributed by atoms with Crippen LogP contribution >= 0.6 is 23.5 Å². The van der Waals surface area contributed by atoms with Crippen molar-refractivity contribution in [1.29, 1.82) is 0 Å². The van der Waals surface area contributed by atoms with Gasteiger partial charge in [-0.05, 0) is 12.5 Å². The summed E-state index contributed by atoms with van der Waals surface area (Å²) in [5, 5.41) is 9.06. The van der Waals surface area contributed by atoms with Crippen LogP contribution in [0.4, 0.5) is 0 Å². The van der Waals surface area contributed by atoms with Gasteiger partial charge in [-0.3, -0.25) is 0 Å². The normalized spacial score (nSPS) is 13.9. The molecular weight excluding hydrogens is 140 g/mol. The van der Waals surface area contributed by atoms with Crippen molar-refractivity contribution in [2.75, 3.05) is 24.9 Å². The van der Waals surface area contributed by atoms with E-state index >= 15 is 0 Å². The van der Waals surface area contributed by atoms with E-state index in [-0.39, 0.29) is 0 Å². The molecule has 50 valence electrons. The van der Waals surface area contributed by atoms with Gasteiger partial charge >= 0.3 is 0 Å². The molecule has 0 fully saturated rings. The third-order valence-corrected chi connectivity index (χ3v) is 2.82. The van der Waals surface area contributed by atoms with Gasteiger partial charge in [0.15, 0.2) is 0 Å². The van der Waals surface area contributed by atoms with Crippen LogP contribution in [0.3, 0.4) is 0 Å². The monoisotopic (exact) mass is 152 g/mol. The first-order chi connectivity index (χ1) is 3.85. The van der Waals surface area contributed by atoms with E-state index in [1.807, 2.05) is 6.26 Å². The van der Waals surface area contributed by atoms with Crippen LogP contribution in [0, 0.1) is 0 Å². The lowest BCUT2D eigenvalue weighted by Gasteiger charge is -2.06. The van der Waals surface area contributed by atoms with Crippen LogP contribution in [0.15, 0.2) is 0 Å². The fourth-order valence-corrected chi connectivity index (χ4v) is 1.96. The Morgan fingerprint density at radius 3 is 2.25 bits per heavy atom. The molecule has 1 atom stereocenters. The minimum Gasteiger partial charge on any atom is -0.395 e. The first kappa shape index (κ1) is 8.66. The number of thioether (sulfide) groups is 2. The van der Waals surface area contributed by atoms with E-state index in [0.717, 1.165) is 5.75 Å². The summed E-state index contributed by atoms with van der Waals surface area (Å²) >= 11 is 3.50. The lowest BCUT2D eigenvalue weighted by Crippen LogP contribution is -2.10. The third kappa shape index (κ3) is 3.64. The molecule has 0 aliphatic carbocycles. The van der Waals surface area contributed by atoms with Crippen molar-refractivity contribution in [3.63, 3.8) is 0 Å². The maximum absolute atomic E-state index is 8.62. The molecule has 0 bridgehead atoms. The highest BCUT2D eigenvalue weighted by Crippen LogP contribution is 2.09. The quantitative estimate of drug-likeness (QED) is 0.651. The molecule has 0 saturated carbocycles. The van der Waals surface area contributed by atoms with E-state index in [0.29, 0.717) is 11.9 Å². The largest absolute Gasteiger partial charge is 0.395 e. The number of aliphatic hydroxyl groups is 1. The molecule has 0 heterocycles. The molecule has 8 heavy (non-hydrogen) atoms. The Hall–Kier alpha value is 0.660. The summed E-state index contributed by atoms with van der Waals surface area (Å²) in [5.74, 6) is 1.05. The highest BCUT2D eigenvalue weighted by molar-refractivity contribution is 8.02. The van der Waals surface area contributed by atoms with Crippen LogP contribution in [-0.2, 0) is 0 Å². The molecule has 0 rings (SSSR count). The molecule has 3 heteroatoms. The summed E-state index contributed by atoms with van der Waals surface area (Å²) in [4.78, 5) is 0. The van der Waals surface area contributed by atoms with Crippen molar-refractivity contribution in [3.05, 3.63) is 0 Å². The van der Waals surface area contributed by atoms with E-state index in [1.165, 1.54) is 0 Å². The molecule has 0 aliphatic heterocycles. The van der Waals surface area contributed by atoms with Crippen LogP contribution in [0.5, 0.6) is 0 Å². The summed E-state index contributed by atoms with van der Waals surface area (Å²) in [6, 6.07) is 0. The molecule has 0 unspecified atom stereocenters. The first-order valence-electron chi connectivity index (χ1n) is 2.47. The van der Waals surface area contributed by atoms with Crippen LogP contribution in [-0.4, -0.2) is 35.2 Å². The van der Waals surface area contributed by atoms with Crippen molar-refractivity contribution < 1.29 is 5.11 Å². The Balaban J connectivity index is 3.07. The van der Waals surface area contributed by atoms with Crippen LogP contribution in [0.1, 0.15) is 0 Å². The average Bonchev–Trinajstić information content (AvgIpc) is 1.83. The zero-order valence-corrected chi connectivity index (χ0v) is 6.89. The van der Waals surface area contributed by atoms with Crippen molar-refractivity contribution in [2.45, 2.75) is 5.25 Å². The van der Waals surface area contributed by atoms with Crippen LogP contribution in [0.25, 0.3) is 0 Å². The highest BCUT2D eigenvalue weighted by atomic mass is 32.2. The molecule has 0 aliphatic rings. The van der Waals surface area contributed by atoms with Gasteiger partial charge < -0.3 is 5.11 Å². The number of rotatable bonds is 4. The second kappa shape index (κ2) is 5.79. The maximum Gasteiger partial charge on any atom is 0.0557 e. The molecule has 0 saturated heterocycles. The lowest BCUT2D eigenvalue weighted by molar-refractivity contribution is 0.301. The average molecular weight is 152 g/mol. The fraction of sp³-hybridized carbons (Fsp3) is 1.00. The number of hydrogen-bond acceptors (Lipinski definition) is 3. The van der Waals surface area contributed by atoms with Gasteiger partial charge in [-0.2, -0.15) is 23.5 Å². The first-order valence-corrected chi connectivity index (χ1v) is 5.16. The summed E-state index contributed by atoms with van der Waals surface area (Å²) in [6.45, 7) is 0.308. The smallest absolute Gasteiger partial charge is 0.0557 e. The number of aliphatic hydroxyl groups excluding tert-OH is 1. The van der Waals surface area contributed by atoms with E-state index in [1.54, 1.807) is 23.5 Å². The summed E-state index contributed by atoms with van der Waals surface area (Å²) < 4.78 is 0. The van der Waals surface area contributed by atoms with Gasteiger partial charge in [0.05, 0.1) is 6.61 Å². The topological polar surface area (TPSA) is 20.2 Å². The molecule has 0 aromatic carbocycles. The molecule has 1 nitrogen and oxygen atoms in total. The second-order valence-electron chi connectivity index (χ2n) is 1.50. The summed E-state index contributed by atoms with van der Waals surface area (Å²) in [6.07, 6.45) is 4.08. The van der Waals surface area contributed by atoms with Crippen molar-refractivity contribution in [2.24, 2.45) is 0 Å². The Kier molecular flexibility index (Phi) is 6.27. The lowest BCUT2D eigenvalue weighted by atomic mass is 10.5.